The molecule has 8 aromatic rings. The van der Waals surface area contributed by atoms with E-state index in [-0.39, 0.29) is 29.0 Å². The Bertz CT molecular complexity index is 4220. The lowest BCUT2D eigenvalue weighted by Gasteiger charge is -2.19. The lowest BCUT2D eigenvalue weighted by Crippen LogP contribution is -2.28. The van der Waals surface area contributed by atoms with Gasteiger partial charge >= 0.3 is 0 Å². The van der Waals surface area contributed by atoms with Gasteiger partial charge in [-0.05, 0) is 287 Å². The molecule has 0 radical (unpaired) electrons. The average Bonchev–Trinajstić information content (AvgIpc) is 0.811. The van der Waals surface area contributed by atoms with Gasteiger partial charge in [0.2, 0.25) is 0 Å². The number of nitrogens with zero attached hydrogens (tertiary/aromatic N) is 4. The average molecular weight is 1660 g/mol. The summed E-state index contributed by atoms with van der Waals surface area (Å²) >= 11 is 22.7. The fourth-order valence-electron chi connectivity index (χ4n) is 6.94. The molecular formula is C76H104Cl4N4O12S8. The Kier molecular flexibility index (Phi) is 37.8. The highest BCUT2D eigenvalue weighted by Crippen LogP contribution is 2.29. The first-order valence-corrected chi connectivity index (χ1v) is 44.4. The summed E-state index contributed by atoms with van der Waals surface area (Å²) in [7, 11) is -17.0. The van der Waals surface area contributed by atoms with Gasteiger partial charge in [-0.1, -0.05) is 94.9 Å². The van der Waals surface area contributed by atoms with Crippen molar-refractivity contribution in [3.63, 3.8) is 0 Å². The minimum atomic E-state index is -3.36. The molecule has 4 aromatic heterocycles. The predicted octanol–water partition coefficient (Wildman–Crippen LogP) is 19.6. The molecule has 0 spiro atoms. The molecule has 0 fully saturated rings. The third-order valence-electron chi connectivity index (χ3n) is 13.2. The zero-order valence-electron chi connectivity index (χ0n) is 63.9. The largest absolute Gasteiger partial charge is 0.254 e. The van der Waals surface area contributed by atoms with E-state index in [2.05, 4.69) is 19.9 Å². The van der Waals surface area contributed by atoms with E-state index in [4.69, 9.17) is 46.4 Å². The van der Waals surface area contributed by atoms with E-state index in [0.717, 1.165) is 9.79 Å². The molecule has 104 heavy (non-hydrogen) atoms. The SMILES string of the molecule is CC(C)(C)S(=O)(=O)c1ccc(Cl)cc1.CC(C)(C)S(=O)(=O)c1ccc(Cl)cn1.CC(C)(C)S(=O)(=O)c1ccccc1.CC(C)(C)S(=O)(=O)c1ccccn1.CC(C)(C)S(=O)c1ccc(Cl)cc1.CC(C)(C)S(=O)c1ccc(Cl)cn1.CC(C)(C)S(=O)c1ccccc1.CC(C)(C)S(=O)c1ccccn1. The van der Waals surface area contributed by atoms with Crippen molar-refractivity contribution in [1.29, 1.82) is 0 Å². The van der Waals surface area contributed by atoms with Crippen LogP contribution in [0.15, 0.2) is 234 Å². The van der Waals surface area contributed by atoms with Crippen molar-refractivity contribution in [2.24, 2.45) is 0 Å². The van der Waals surface area contributed by atoms with Gasteiger partial charge < -0.3 is 0 Å². The number of hydrogen-bond donors (Lipinski definition) is 0. The zero-order chi connectivity index (χ0) is 80.7. The van der Waals surface area contributed by atoms with Gasteiger partial charge in [0.15, 0.2) is 49.4 Å². The van der Waals surface area contributed by atoms with Gasteiger partial charge in [0.25, 0.3) is 0 Å². The van der Waals surface area contributed by atoms with Gasteiger partial charge in [0.05, 0.1) is 82.0 Å². The molecule has 0 saturated heterocycles. The van der Waals surface area contributed by atoms with Gasteiger partial charge in [0.1, 0.15) is 10.1 Å². The summed E-state index contributed by atoms with van der Waals surface area (Å²) in [6.45, 7) is 43.4. The first-order valence-electron chi connectivity index (χ1n) is 32.4. The first kappa shape index (κ1) is 97.1. The van der Waals surface area contributed by atoms with Crippen LogP contribution in [0.1, 0.15) is 166 Å². The highest BCUT2D eigenvalue weighted by atomic mass is 35.5. The smallest absolute Gasteiger partial charge is 0.200 e. The monoisotopic (exact) mass is 1660 g/mol. The maximum absolute atomic E-state index is 11.9. The topological polar surface area (TPSA) is 256 Å². The third kappa shape index (κ3) is 32.1. The van der Waals surface area contributed by atoms with Crippen molar-refractivity contribution in [2.45, 2.75) is 244 Å². The van der Waals surface area contributed by atoms with Crippen molar-refractivity contribution in [3.8, 4) is 0 Å². The standard InChI is InChI=1S/C10H13ClO2S.C10H13ClOS.C10H14O2S.C10H14OS.C9H12ClNO2S.C9H12ClNOS.C9H13NO2S.C9H13NOS/c1-10(2,3)14(12,13)9-6-4-8(11)5-7-9;1-10(2,3)13(12)9-6-4-8(11)5-7-9;1-10(2,3)13(11,12)9-7-5-4-6-8-9;1-10(2,3)12(11)9-7-5-4-6-8-9;1-9(2,3)14(12,13)8-5-4-7(10)6-11-8;1-9(2,3)13(12)8-5-4-7(10)6-11-8;1-9(2,3)13(11,12)8-6-4-5-7-10-8;1-9(2,3)12(11)8-6-4-5-7-10-8/h4-7H,1-3H3;4-7H,1-3H3;4-8H,1-3H3;4-8H,1-3H3;4-6H,1-3H3;4-6H,1-3H3;4-7H,1-3H3;4-7H,1-3H3. The Labute approximate surface area is 652 Å². The van der Waals surface area contributed by atoms with Crippen LogP contribution in [-0.4, -0.2) is 108 Å². The minimum absolute atomic E-state index is 0.0643. The fraction of sp³-hybridized carbons (Fsp3) is 0.421. The number of hydrogen-bond acceptors (Lipinski definition) is 16. The number of aromatic nitrogens is 4. The van der Waals surface area contributed by atoms with Gasteiger partial charge in [-0.3, -0.25) is 16.8 Å². The highest BCUT2D eigenvalue weighted by Gasteiger charge is 2.34. The van der Waals surface area contributed by atoms with E-state index in [9.17, 15) is 50.5 Å². The molecule has 8 rings (SSSR count). The van der Waals surface area contributed by atoms with E-state index in [1.807, 2.05) is 144 Å². The summed E-state index contributed by atoms with van der Waals surface area (Å²) in [6, 6.07) is 48.2. The van der Waals surface area contributed by atoms with E-state index in [1.165, 1.54) is 48.9 Å². The lowest BCUT2D eigenvalue weighted by molar-refractivity contribution is 0.555. The molecule has 16 nitrogen and oxygen atoms in total. The number of sulfone groups is 4. The molecule has 4 heterocycles. The van der Waals surface area contributed by atoms with Crippen molar-refractivity contribution in [3.05, 3.63) is 215 Å². The molecular weight excluding hydrogens is 1560 g/mol. The van der Waals surface area contributed by atoms with Crippen LogP contribution in [0.5, 0.6) is 0 Å². The number of pyridine rings is 4. The maximum atomic E-state index is 11.9. The van der Waals surface area contributed by atoms with Crippen LogP contribution in [0.2, 0.25) is 20.1 Å². The maximum Gasteiger partial charge on any atom is 0.200 e. The van der Waals surface area contributed by atoms with Crippen LogP contribution < -0.4 is 0 Å². The summed E-state index contributed by atoms with van der Waals surface area (Å²) < 4.78 is 138. The summed E-state index contributed by atoms with van der Waals surface area (Å²) in [6.07, 6.45) is 6.00. The first-order chi connectivity index (χ1) is 47.1. The summed E-state index contributed by atoms with van der Waals surface area (Å²) in [5, 5.41) is 3.65. The zero-order valence-corrected chi connectivity index (χ0v) is 73.5. The van der Waals surface area contributed by atoms with E-state index >= 15 is 0 Å². The Morgan fingerprint density at radius 2 is 0.548 bits per heavy atom. The second-order valence-electron chi connectivity index (χ2n) is 30.5. The van der Waals surface area contributed by atoms with Crippen molar-refractivity contribution >= 4 is 129 Å². The summed E-state index contributed by atoms with van der Waals surface area (Å²) in [5.41, 5.74) is 0. The van der Waals surface area contributed by atoms with Crippen LogP contribution >= 0.6 is 46.4 Å². The Morgan fingerprint density at radius 1 is 0.260 bits per heavy atom. The molecule has 576 valence electrons. The van der Waals surface area contributed by atoms with Crippen molar-refractivity contribution in [1.82, 2.24) is 19.9 Å². The number of benzene rings is 4. The summed E-state index contributed by atoms with van der Waals surface area (Å²) in [4.78, 5) is 18.1. The molecule has 0 N–H and O–H groups in total. The molecule has 4 atom stereocenters. The molecule has 4 aromatic carbocycles. The van der Waals surface area contributed by atoms with Crippen molar-refractivity contribution < 1.29 is 50.5 Å². The van der Waals surface area contributed by atoms with Crippen molar-refractivity contribution in [2.75, 3.05) is 0 Å². The Hall–Kier alpha value is -4.96. The molecule has 0 bridgehead atoms. The van der Waals surface area contributed by atoms with E-state index in [0.29, 0.717) is 39.9 Å². The molecule has 0 aliphatic rings. The molecule has 28 heteroatoms. The van der Waals surface area contributed by atoms with Crippen LogP contribution in [0, 0.1) is 0 Å². The summed E-state index contributed by atoms with van der Waals surface area (Å²) in [5.74, 6) is 0. The van der Waals surface area contributed by atoms with E-state index < -0.39 is 102 Å². The Balaban J connectivity index is 0.000000595. The normalized spacial score (nSPS) is 13.5. The second kappa shape index (κ2) is 40.5. The molecule has 0 aliphatic heterocycles. The highest BCUT2D eigenvalue weighted by molar-refractivity contribution is 7.93. The van der Waals surface area contributed by atoms with Gasteiger partial charge in [-0.25, -0.2) is 53.6 Å². The molecule has 0 aliphatic carbocycles. The van der Waals surface area contributed by atoms with Crippen LogP contribution in [0.3, 0.4) is 0 Å². The predicted molar refractivity (Wildman–Crippen MR) is 435 cm³/mol. The second-order valence-corrected chi connectivity index (χ2v) is 51.8. The number of rotatable bonds is 8. The lowest BCUT2D eigenvalue weighted by atomic mass is 10.3. The third-order valence-corrected chi connectivity index (χ3v) is 31.1. The Morgan fingerprint density at radius 3 is 0.856 bits per heavy atom. The van der Waals surface area contributed by atoms with Crippen LogP contribution in [0.25, 0.3) is 0 Å². The van der Waals surface area contributed by atoms with Crippen LogP contribution in [0.4, 0.5) is 0 Å². The number of halogens is 4. The molecule has 0 amide bonds. The minimum Gasteiger partial charge on any atom is -0.254 e. The van der Waals surface area contributed by atoms with Gasteiger partial charge in [-0.15, -0.1) is 0 Å². The molecule has 4 unspecified atom stereocenters. The van der Waals surface area contributed by atoms with Gasteiger partial charge in [0, 0.05) is 63.6 Å². The van der Waals surface area contributed by atoms with Crippen LogP contribution in [-0.2, 0) is 82.5 Å². The fourth-order valence-corrected chi connectivity index (χ4v) is 16.1. The molecule has 0 saturated carbocycles. The van der Waals surface area contributed by atoms with Gasteiger partial charge in [-0.2, -0.15) is 0 Å². The van der Waals surface area contributed by atoms with E-state index in [1.54, 1.807) is 168 Å². The quantitative estimate of drug-likeness (QED) is 0.137.